The van der Waals surface area contributed by atoms with E-state index in [4.69, 9.17) is 0 Å². The van der Waals surface area contributed by atoms with Crippen LogP contribution in [0.3, 0.4) is 0 Å². The zero-order valence-electron chi connectivity index (χ0n) is 12.0. The van der Waals surface area contributed by atoms with Gasteiger partial charge in [-0.25, -0.2) is 4.39 Å². The Morgan fingerprint density at radius 2 is 2.15 bits per heavy atom. The quantitative estimate of drug-likeness (QED) is 0.834. The van der Waals surface area contributed by atoms with Crippen molar-refractivity contribution in [3.05, 3.63) is 30.1 Å². The lowest BCUT2D eigenvalue weighted by Crippen LogP contribution is -2.43. The van der Waals surface area contributed by atoms with Gasteiger partial charge in [0.05, 0.1) is 10.9 Å². The number of carbonyl (C=O) groups excluding carboxylic acids is 1. The molecule has 0 N–H and O–H groups in total. The third kappa shape index (κ3) is 3.73. The predicted octanol–water partition coefficient (Wildman–Crippen LogP) is 2.62. The molecule has 1 atom stereocenters. The number of amides is 1. The van der Waals surface area contributed by atoms with E-state index in [-0.39, 0.29) is 17.0 Å². The van der Waals surface area contributed by atoms with E-state index in [9.17, 15) is 9.18 Å². The summed E-state index contributed by atoms with van der Waals surface area (Å²) in [6, 6.07) is 6.51. The molecule has 20 heavy (non-hydrogen) atoms. The normalized spacial score (nSPS) is 19.7. The molecule has 1 aliphatic heterocycles. The first-order valence-corrected chi connectivity index (χ1v) is 7.96. The van der Waals surface area contributed by atoms with Crippen molar-refractivity contribution in [3.8, 4) is 0 Å². The minimum atomic E-state index is -0.320. The second kappa shape index (κ2) is 7.09. The van der Waals surface area contributed by atoms with Crippen LogP contribution in [0, 0.1) is 5.82 Å². The van der Waals surface area contributed by atoms with E-state index in [0.717, 1.165) is 25.1 Å². The van der Waals surface area contributed by atoms with Crippen LogP contribution < -0.4 is 4.90 Å². The molecular weight excluding hydrogens is 275 g/mol. The Morgan fingerprint density at radius 1 is 1.40 bits per heavy atom. The lowest BCUT2D eigenvalue weighted by molar-refractivity contribution is -0.119. The molecule has 1 aromatic carbocycles. The van der Waals surface area contributed by atoms with Crippen LogP contribution in [0.2, 0.25) is 0 Å². The Labute approximate surface area is 124 Å². The van der Waals surface area contributed by atoms with Gasteiger partial charge in [0.25, 0.3) is 0 Å². The number of piperidine rings is 1. The molecule has 0 spiro atoms. The fourth-order valence-electron chi connectivity index (χ4n) is 2.28. The Kier molecular flexibility index (Phi) is 5.43. The zero-order valence-corrected chi connectivity index (χ0v) is 12.8. The van der Waals surface area contributed by atoms with Gasteiger partial charge >= 0.3 is 0 Å². The summed E-state index contributed by atoms with van der Waals surface area (Å²) in [7, 11) is 4.05. The molecule has 2 rings (SSSR count). The Balaban J connectivity index is 2.02. The third-order valence-electron chi connectivity index (χ3n) is 3.39. The highest BCUT2D eigenvalue weighted by molar-refractivity contribution is 8.00. The van der Waals surface area contributed by atoms with Gasteiger partial charge in [-0.2, -0.15) is 0 Å². The lowest BCUT2D eigenvalue weighted by atomic mass is 10.1. The van der Waals surface area contributed by atoms with Crippen molar-refractivity contribution in [1.82, 2.24) is 4.90 Å². The maximum Gasteiger partial charge on any atom is 0.240 e. The number of carbonyl (C=O) groups is 1. The van der Waals surface area contributed by atoms with E-state index < -0.39 is 0 Å². The lowest BCUT2D eigenvalue weighted by Gasteiger charge is -2.32. The van der Waals surface area contributed by atoms with Crippen LogP contribution in [0.15, 0.2) is 24.3 Å². The van der Waals surface area contributed by atoms with Gasteiger partial charge in [0.2, 0.25) is 5.91 Å². The summed E-state index contributed by atoms with van der Waals surface area (Å²) in [4.78, 5) is 16.2. The molecule has 3 nitrogen and oxygen atoms in total. The number of rotatable bonds is 5. The Hall–Kier alpha value is -1.07. The van der Waals surface area contributed by atoms with Crippen LogP contribution in [0.25, 0.3) is 0 Å². The monoisotopic (exact) mass is 296 g/mol. The van der Waals surface area contributed by atoms with Gasteiger partial charge in [0.15, 0.2) is 0 Å². The van der Waals surface area contributed by atoms with Crippen LogP contribution in [0.5, 0.6) is 0 Å². The molecule has 110 valence electrons. The number of para-hydroxylation sites is 1. The number of nitrogens with zero attached hydrogens (tertiary/aromatic N) is 2. The van der Waals surface area contributed by atoms with Gasteiger partial charge in [-0.1, -0.05) is 12.1 Å². The first-order chi connectivity index (χ1) is 9.59. The molecule has 1 heterocycles. The van der Waals surface area contributed by atoms with Crippen LogP contribution in [-0.2, 0) is 4.79 Å². The minimum Gasteiger partial charge on any atom is -0.309 e. The molecule has 1 fully saturated rings. The highest BCUT2D eigenvalue weighted by Crippen LogP contribution is 2.29. The summed E-state index contributed by atoms with van der Waals surface area (Å²) in [6.07, 6.45) is 1.82. The van der Waals surface area contributed by atoms with E-state index in [0.29, 0.717) is 12.2 Å². The SMILES string of the molecule is CN(C)CCSC1CCCN(c2ccccc2F)C1=O. The fraction of sp³-hybridized carbons (Fsp3) is 0.533. The third-order valence-corrected chi connectivity index (χ3v) is 4.65. The van der Waals surface area contributed by atoms with E-state index in [1.807, 2.05) is 14.1 Å². The van der Waals surface area contributed by atoms with Crippen LogP contribution in [0.1, 0.15) is 12.8 Å². The van der Waals surface area contributed by atoms with Gasteiger partial charge in [-0.15, -0.1) is 11.8 Å². The van der Waals surface area contributed by atoms with Gasteiger partial charge in [0.1, 0.15) is 5.82 Å². The van der Waals surface area contributed by atoms with E-state index in [1.54, 1.807) is 34.9 Å². The van der Waals surface area contributed by atoms with Crippen molar-refractivity contribution in [2.75, 3.05) is 37.8 Å². The number of hydrogen-bond donors (Lipinski definition) is 0. The summed E-state index contributed by atoms with van der Waals surface area (Å²) in [5, 5.41) is -0.0386. The molecular formula is C15H21FN2OS. The molecule has 0 aromatic heterocycles. The van der Waals surface area contributed by atoms with E-state index in [1.165, 1.54) is 6.07 Å². The van der Waals surface area contributed by atoms with E-state index in [2.05, 4.69) is 4.90 Å². The average molecular weight is 296 g/mol. The van der Waals surface area contributed by atoms with Crippen LogP contribution in [0.4, 0.5) is 10.1 Å². The number of hydrogen-bond acceptors (Lipinski definition) is 3. The van der Waals surface area contributed by atoms with Crippen molar-refractivity contribution in [1.29, 1.82) is 0 Å². The molecule has 1 saturated heterocycles. The van der Waals surface area contributed by atoms with Crippen molar-refractivity contribution in [2.24, 2.45) is 0 Å². The zero-order chi connectivity index (χ0) is 14.5. The van der Waals surface area contributed by atoms with Gasteiger partial charge in [-0.05, 0) is 39.1 Å². The van der Waals surface area contributed by atoms with Crippen molar-refractivity contribution < 1.29 is 9.18 Å². The number of halogens is 1. The first-order valence-electron chi connectivity index (χ1n) is 6.92. The molecule has 1 amide bonds. The standard InChI is InChI=1S/C15H21FN2OS/c1-17(2)10-11-20-14-8-5-9-18(15(14)19)13-7-4-3-6-12(13)16/h3-4,6-7,14H,5,8-11H2,1-2H3. The van der Waals surface area contributed by atoms with Crippen molar-refractivity contribution in [3.63, 3.8) is 0 Å². The topological polar surface area (TPSA) is 23.6 Å². The summed E-state index contributed by atoms with van der Waals surface area (Å²) >= 11 is 1.68. The molecule has 5 heteroatoms. The van der Waals surface area contributed by atoms with Gasteiger partial charge < -0.3 is 9.80 Å². The molecule has 0 radical (unpaired) electrons. The minimum absolute atomic E-state index is 0.0386. The molecule has 0 aliphatic carbocycles. The molecule has 0 bridgehead atoms. The fourth-order valence-corrected chi connectivity index (χ4v) is 3.64. The Morgan fingerprint density at radius 3 is 2.85 bits per heavy atom. The highest BCUT2D eigenvalue weighted by atomic mass is 32.2. The largest absolute Gasteiger partial charge is 0.309 e. The van der Waals surface area contributed by atoms with Crippen LogP contribution >= 0.6 is 11.8 Å². The smallest absolute Gasteiger partial charge is 0.240 e. The summed E-state index contributed by atoms with van der Waals surface area (Å²) in [5.41, 5.74) is 0.412. The first kappa shape index (κ1) is 15.3. The van der Waals surface area contributed by atoms with E-state index >= 15 is 0 Å². The van der Waals surface area contributed by atoms with Crippen LogP contribution in [-0.4, -0.2) is 49.0 Å². The molecule has 1 aliphatic rings. The summed E-state index contributed by atoms with van der Waals surface area (Å²) in [5.74, 6) is 0.652. The average Bonchev–Trinajstić information content (AvgIpc) is 2.41. The summed E-state index contributed by atoms with van der Waals surface area (Å²) < 4.78 is 13.8. The highest BCUT2D eigenvalue weighted by Gasteiger charge is 2.30. The number of benzene rings is 1. The maximum atomic E-state index is 13.8. The maximum absolute atomic E-state index is 13.8. The van der Waals surface area contributed by atoms with Crippen molar-refractivity contribution >= 4 is 23.4 Å². The van der Waals surface area contributed by atoms with Crippen molar-refractivity contribution in [2.45, 2.75) is 18.1 Å². The Bertz CT molecular complexity index is 467. The second-order valence-corrected chi connectivity index (χ2v) is 6.56. The molecule has 1 aromatic rings. The second-order valence-electron chi connectivity index (χ2n) is 5.25. The predicted molar refractivity (Wildman–Crippen MR) is 82.8 cm³/mol. The molecule has 0 saturated carbocycles. The van der Waals surface area contributed by atoms with Gasteiger partial charge in [-0.3, -0.25) is 4.79 Å². The number of thioether (sulfide) groups is 1. The number of anilines is 1. The summed E-state index contributed by atoms with van der Waals surface area (Å²) in [6.45, 7) is 1.57. The molecule has 1 unspecified atom stereocenters. The van der Waals surface area contributed by atoms with Gasteiger partial charge in [0, 0.05) is 18.8 Å².